The molecule has 1 aromatic heterocycles. The fourth-order valence-corrected chi connectivity index (χ4v) is 2.20. The van der Waals surface area contributed by atoms with Crippen LogP contribution in [0.5, 0.6) is 0 Å². The van der Waals surface area contributed by atoms with Gasteiger partial charge in [0.1, 0.15) is 0 Å². The maximum absolute atomic E-state index is 10.7. The van der Waals surface area contributed by atoms with Gasteiger partial charge in [-0.15, -0.1) is 0 Å². The van der Waals surface area contributed by atoms with E-state index in [4.69, 9.17) is 0 Å². The molecule has 3 heteroatoms. The van der Waals surface area contributed by atoms with Gasteiger partial charge in [0.05, 0.1) is 0 Å². The Morgan fingerprint density at radius 1 is 1.24 bits per heavy atom. The highest BCUT2D eigenvalue weighted by atomic mass is 32.2. The molecule has 2 aromatic rings. The van der Waals surface area contributed by atoms with Crippen molar-refractivity contribution in [1.29, 1.82) is 0 Å². The number of aromatic nitrogens is 1. The van der Waals surface area contributed by atoms with Crippen LogP contribution in [0.2, 0.25) is 0 Å². The van der Waals surface area contributed by atoms with Crippen molar-refractivity contribution in [3.8, 4) is 11.1 Å². The molecule has 0 amide bonds. The number of thioether (sulfide) groups is 1. The molecule has 1 aromatic carbocycles. The van der Waals surface area contributed by atoms with Gasteiger partial charge in [-0.2, -0.15) is 11.8 Å². The summed E-state index contributed by atoms with van der Waals surface area (Å²) in [7, 11) is 0. The maximum Gasteiger partial charge on any atom is 0.151 e. The third kappa shape index (κ3) is 2.94. The number of carbonyl (C=O) groups excluding carboxylic acids is 1. The zero-order chi connectivity index (χ0) is 12.1. The molecule has 0 atom stereocenters. The second kappa shape index (κ2) is 5.64. The standard InChI is InChI=1S/C14H13NOS/c1-17-10-11-3-2-4-13(5-11)14-6-12(9-16)7-15-8-14/h2-9H,10H2,1H3. The minimum Gasteiger partial charge on any atom is -0.298 e. The number of aldehydes is 1. The Morgan fingerprint density at radius 2 is 2.12 bits per heavy atom. The first kappa shape index (κ1) is 11.9. The molecular weight excluding hydrogens is 230 g/mol. The second-order valence-electron chi connectivity index (χ2n) is 3.76. The molecule has 17 heavy (non-hydrogen) atoms. The molecule has 2 rings (SSSR count). The van der Waals surface area contributed by atoms with Crippen LogP contribution in [0.3, 0.4) is 0 Å². The average Bonchev–Trinajstić information content (AvgIpc) is 2.40. The summed E-state index contributed by atoms with van der Waals surface area (Å²) >= 11 is 1.79. The maximum atomic E-state index is 10.7. The molecule has 0 unspecified atom stereocenters. The Hall–Kier alpha value is -1.61. The van der Waals surface area contributed by atoms with Crippen LogP contribution < -0.4 is 0 Å². The summed E-state index contributed by atoms with van der Waals surface area (Å²) < 4.78 is 0. The molecule has 0 radical (unpaired) electrons. The van der Waals surface area contributed by atoms with Gasteiger partial charge < -0.3 is 0 Å². The van der Waals surface area contributed by atoms with Gasteiger partial charge in [0, 0.05) is 29.3 Å². The number of rotatable bonds is 4. The SMILES string of the molecule is CSCc1cccc(-c2cncc(C=O)c2)c1. The van der Waals surface area contributed by atoms with Crippen molar-refractivity contribution in [1.82, 2.24) is 4.98 Å². The number of carbonyl (C=O) groups is 1. The third-order valence-electron chi connectivity index (χ3n) is 2.47. The topological polar surface area (TPSA) is 30.0 Å². The molecular formula is C14H13NOS. The number of hydrogen-bond donors (Lipinski definition) is 0. The van der Waals surface area contributed by atoms with Crippen LogP contribution in [0.15, 0.2) is 42.7 Å². The molecule has 2 nitrogen and oxygen atoms in total. The van der Waals surface area contributed by atoms with Crippen molar-refractivity contribution in [2.24, 2.45) is 0 Å². The Morgan fingerprint density at radius 3 is 2.88 bits per heavy atom. The van der Waals surface area contributed by atoms with E-state index in [-0.39, 0.29) is 0 Å². The fourth-order valence-electron chi connectivity index (χ4n) is 1.69. The average molecular weight is 243 g/mol. The quantitative estimate of drug-likeness (QED) is 0.771. The number of benzene rings is 1. The van der Waals surface area contributed by atoms with Crippen molar-refractivity contribution >= 4 is 18.0 Å². The van der Waals surface area contributed by atoms with Crippen LogP contribution in [-0.4, -0.2) is 17.5 Å². The van der Waals surface area contributed by atoms with E-state index >= 15 is 0 Å². The smallest absolute Gasteiger partial charge is 0.151 e. The summed E-state index contributed by atoms with van der Waals surface area (Å²) in [5.41, 5.74) is 3.98. The predicted octanol–water partition coefficient (Wildman–Crippen LogP) is 3.42. The third-order valence-corrected chi connectivity index (χ3v) is 3.09. The summed E-state index contributed by atoms with van der Waals surface area (Å²) in [6.45, 7) is 0. The van der Waals surface area contributed by atoms with Gasteiger partial charge in [-0.1, -0.05) is 24.3 Å². The molecule has 0 aliphatic rings. The minimum absolute atomic E-state index is 0.609. The van der Waals surface area contributed by atoms with E-state index < -0.39 is 0 Å². The van der Waals surface area contributed by atoms with Crippen LogP contribution in [0.1, 0.15) is 15.9 Å². The van der Waals surface area contributed by atoms with Gasteiger partial charge in [0.2, 0.25) is 0 Å². The van der Waals surface area contributed by atoms with Crippen LogP contribution in [0.25, 0.3) is 11.1 Å². The lowest BCUT2D eigenvalue weighted by atomic mass is 10.0. The first-order valence-corrected chi connectivity index (χ1v) is 6.71. The van der Waals surface area contributed by atoms with Gasteiger partial charge in [-0.25, -0.2) is 0 Å². The second-order valence-corrected chi connectivity index (χ2v) is 4.62. The van der Waals surface area contributed by atoms with Crippen LogP contribution in [0.4, 0.5) is 0 Å². The molecule has 1 heterocycles. The van der Waals surface area contributed by atoms with Crippen molar-refractivity contribution in [3.05, 3.63) is 53.9 Å². The summed E-state index contributed by atoms with van der Waals surface area (Å²) in [5.74, 6) is 0.995. The largest absolute Gasteiger partial charge is 0.298 e. The summed E-state index contributed by atoms with van der Waals surface area (Å²) in [5, 5.41) is 0. The highest BCUT2D eigenvalue weighted by Gasteiger charge is 2.01. The van der Waals surface area contributed by atoms with E-state index in [0.29, 0.717) is 5.56 Å². The van der Waals surface area contributed by atoms with Gasteiger partial charge in [0.15, 0.2) is 6.29 Å². The summed E-state index contributed by atoms with van der Waals surface area (Å²) in [6, 6.07) is 10.2. The van der Waals surface area contributed by atoms with E-state index in [2.05, 4.69) is 23.4 Å². The summed E-state index contributed by atoms with van der Waals surface area (Å²) in [6.07, 6.45) is 6.26. The Kier molecular flexibility index (Phi) is 3.94. The van der Waals surface area contributed by atoms with Crippen molar-refractivity contribution in [2.45, 2.75) is 5.75 Å². The van der Waals surface area contributed by atoms with Gasteiger partial charge >= 0.3 is 0 Å². The molecule has 0 spiro atoms. The first-order valence-electron chi connectivity index (χ1n) is 5.32. The van der Waals surface area contributed by atoms with Crippen molar-refractivity contribution in [2.75, 3.05) is 6.26 Å². The van der Waals surface area contributed by atoms with Crippen molar-refractivity contribution in [3.63, 3.8) is 0 Å². The van der Waals surface area contributed by atoms with E-state index in [0.717, 1.165) is 23.2 Å². The van der Waals surface area contributed by atoms with E-state index in [9.17, 15) is 4.79 Å². The monoisotopic (exact) mass is 243 g/mol. The predicted molar refractivity (Wildman–Crippen MR) is 72.3 cm³/mol. The Balaban J connectivity index is 2.37. The lowest BCUT2D eigenvalue weighted by molar-refractivity contribution is 0.112. The molecule has 0 bridgehead atoms. The van der Waals surface area contributed by atoms with Crippen LogP contribution in [0, 0.1) is 0 Å². The molecule has 0 aliphatic carbocycles. The van der Waals surface area contributed by atoms with Crippen molar-refractivity contribution < 1.29 is 4.79 Å². The Bertz CT molecular complexity index is 525. The molecule has 0 aliphatic heterocycles. The summed E-state index contributed by atoms with van der Waals surface area (Å²) in [4.78, 5) is 14.8. The van der Waals surface area contributed by atoms with Gasteiger partial charge in [-0.3, -0.25) is 9.78 Å². The molecule has 86 valence electrons. The zero-order valence-electron chi connectivity index (χ0n) is 9.59. The van der Waals surface area contributed by atoms with E-state index in [1.165, 1.54) is 5.56 Å². The normalized spacial score (nSPS) is 10.2. The Labute approximate surface area is 105 Å². The van der Waals surface area contributed by atoms with Crippen LogP contribution >= 0.6 is 11.8 Å². The first-order chi connectivity index (χ1) is 8.33. The lowest BCUT2D eigenvalue weighted by Gasteiger charge is -2.04. The van der Waals surface area contributed by atoms with Crippen LogP contribution in [-0.2, 0) is 5.75 Å². The highest BCUT2D eigenvalue weighted by molar-refractivity contribution is 7.97. The van der Waals surface area contributed by atoms with E-state index in [1.54, 1.807) is 24.2 Å². The molecule has 0 fully saturated rings. The lowest BCUT2D eigenvalue weighted by Crippen LogP contribution is -1.87. The van der Waals surface area contributed by atoms with Gasteiger partial charge in [-0.05, 0) is 23.4 Å². The fraction of sp³-hybridized carbons (Fsp3) is 0.143. The van der Waals surface area contributed by atoms with Gasteiger partial charge in [0.25, 0.3) is 0 Å². The highest BCUT2D eigenvalue weighted by Crippen LogP contribution is 2.21. The minimum atomic E-state index is 0.609. The molecule has 0 saturated carbocycles. The number of nitrogens with zero attached hydrogens (tertiary/aromatic N) is 1. The zero-order valence-corrected chi connectivity index (χ0v) is 10.4. The van der Waals surface area contributed by atoms with E-state index in [1.807, 2.05) is 18.2 Å². The number of hydrogen-bond acceptors (Lipinski definition) is 3. The molecule has 0 saturated heterocycles. The molecule has 0 N–H and O–H groups in total. The number of pyridine rings is 1.